The number of aryl methyl sites for hydroxylation is 1. The van der Waals surface area contributed by atoms with E-state index in [1.54, 1.807) is 0 Å². The average Bonchev–Trinajstić information content (AvgIpc) is 2.96. The fourth-order valence-electron chi connectivity index (χ4n) is 2.66. The molecule has 128 valence electrons. The predicted octanol–water partition coefficient (Wildman–Crippen LogP) is 3.86. The Labute approximate surface area is 156 Å². The summed E-state index contributed by atoms with van der Waals surface area (Å²) in [5, 5.41) is 8.04. The number of nitrogens with zero attached hydrogens (tertiary/aromatic N) is 1. The summed E-state index contributed by atoms with van der Waals surface area (Å²) in [5.74, 6) is 0.915. The van der Waals surface area contributed by atoms with Crippen molar-refractivity contribution in [3.05, 3.63) is 35.5 Å². The molecular formula is C18H29IN4. The van der Waals surface area contributed by atoms with Crippen molar-refractivity contribution in [1.29, 1.82) is 0 Å². The number of nitrogens with one attached hydrogen (secondary N) is 3. The van der Waals surface area contributed by atoms with Crippen LogP contribution < -0.4 is 10.6 Å². The number of rotatable bonds is 7. The van der Waals surface area contributed by atoms with Gasteiger partial charge < -0.3 is 15.6 Å². The second-order valence-electron chi connectivity index (χ2n) is 5.44. The number of guanidine groups is 1. The first-order valence-corrected chi connectivity index (χ1v) is 8.40. The Balaban J connectivity index is 0.00000264. The third-order valence-corrected chi connectivity index (χ3v) is 3.79. The van der Waals surface area contributed by atoms with E-state index in [9.17, 15) is 0 Å². The van der Waals surface area contributed by atoms with E-state index in [4.69, 9.17) is 0 Å². The molecule has 0 saturated carbocycles. The van der Waals surface area contributed by atoms with Gasteiger partial charge in [-0.2, -0.15) is 0 Å². The molecule has 3 N–H and O–H groups in total. The predicted molar refractivity (Wildman–Crippen MR) is 111 cm³/mol. The molecule has 1 aromatic heterocycles. The van der Waals surface area contributed by atoms with Crippen LogP contribution in [0.4, 0.5) is 0 Å². The number of fused-ring (bicyclic) bond motifs is 1. The van der Waals surface area contributed by atoms with E-state index in [0.29, 0.717) is 0 Å². The highest BCUT2D eigenvalue weighted by molar-refractivity contribution is 14.0. The summed E-state index contributed by atoms with van der Waals surface area (Å²) in [5.41, 5.74) is 4.03. The van der Waals surface area contributed by atoms with Crippen molar-refractivity contribution < 1.29 is 0 Å². The van der Waals surface area contributed by atoms with Gasteiger partial charge in [-0.3, -0.25) is 4.99 Å². The minimum Gasteiger partial charge on any atom is -0.361 e. The van der Waals surface area contributed by atoms with Crippen LogP contribution in [0.3, 0.4) is 0 Å². The first kappa shape index (κ1) is 19.8. The van der Waals surface area contributed by atoms with Crippen LogP contribution in [0.15, 0.2) is 29.4 Å². The number of hydrogen-bond donors (Lipinski definition) is 3. The number of aromatic amines is 1. The lowest BCUT2D eigenvalue weighted by molar-refractivity contribution is 0.795. The molecule has 0 aliphatic carbocycles. The molecule has 0 unspecified atom stereocenters. The third-order valence-electron chi connectivity index (χ3n) is 3.79. The largest absolute Gasteiger partial charge is 0.361 e. The highest BCUT2D eigenvalue weighted by Gasteiger charge is 2.06. The zero-order valence-electron chi connectivity index (χ0n) is 14.4. The van der Waals surface area contributed by atoms with Gasteiger partial charge >= 0.3 is 0 Å². The van der Waals surface area contributed by atoms with Crippen molar-refractivity contribution in [2.45, 2.75) is 40.0 Å². The molecule has 0 bridgehead atoms. The van der Waals surface area contributed by atoms with Crippen LogP contribution in [-0.2, 0) is 12.8 Å². The Kier molecular flexibility index (Phi) is 9.06. The molecule has 2 rings (SSSR count). The summed E-state index contributed by atoms with van der Waals surface area (Å²) >= 11 is 0. The van der Waals surface area contributed by atoms with E-state index < -0.39 is 0 Å². The van der Waals surface area contributed by atoms with Gasteiger partial charge in [0.25, 0.3) is 0 Å². The van der Waals surface area contributed by atoms with Gasteiger partial charge in [0.15, 0.2) is 5.96 Å². The smallest absolute Gasteiger partial charge is 0.191 e. The summed E-state index contributed by atoms with van der Waals surface area (Å²) in [4.78, 5) is 7.96. The molecule has 0 aliphatic rings. The van der Waals surface area contributed by atoms with Gasteiger partial charge in [-0.1, -0.05) is 32.0 Å². The fourth-order valence-corrected chi connectivity index (χ4v) is 2.66. The van der Waals surface area contributed by atoms with Crippen molar-refractivity contribution >= 4 is 40.8 Å². The SMILES string of the molecule is CCCN=C(NCC)NCCc1c[nH]c2c(CC)cccc12.I. The lowest BCUT2D eigenvalue weighted by Crippen LogP contribution is -2.38. The normalized spacial score (nSPS) is 11.3. The fraction of sp³-hybridized carbons (Fsp3) is 0.500. The second kappa shape index (κ2) is 10.5. The highest BCUT2D eigenvalue weighted by atomic mass is 127. The summed E-state index contributed by atoms with van der Waals surface area (Å²) in [6.07, 6.45) is 5.26. The van der Waals surface area contributed by atoms with Crippen LogP contribution >= 0.6 is 24.0 Å². The number of aromatic nitrogens is 1. The second-order valence-corrected chi connectivity index (χ2v) is 5.44. The molecule has 4 nitrogen and oxygen atoms in total. The maximum absolute atomic E-state index is 4.53. The van der Waals surface area contributed by atoms with E-state index in [-0.39, 0.29) is 24.0 Å². The number of halogens is 1. The Morgan fingerprint density at radius 3 is 2.65 bits per heavy atom. The Hall–Kier alpha value is -1.24. The molecule has 0 aliphatic heterocycles. The van der Waals surface area contributed by atoms with E-state index in [1.807, 2.05) is 0 Å². The Morgan fingerprint density at radius 2 is 1.96 bits per heavy atom. The topological polar surface area (TPSA) is 52.2 Å². The van der Waals surface area contributed by atoms with Crippen molar-refractivity contribution in [2.24, 2.45) is 4.99 Å². The summed E-state index contributed by atoms with van der Waals surface area (Å²) in [6, 6.07) is 6.55. The molecule has 0 fully saturated rings. The zero-order chi connectivity index (χ0) is 15.8. The Morgan fingerprint density at radius 1 is 1.13 bits per heavy atom. The van der Waals surface area contributed by atoms with Gasteiger partial charge in [0.1, 0.15) is 0 Å². The molecule has 0 amide bonds. The monoisotopic (exact) mass is 428 g/mol. The maximum atomic E-state index is 4.53. The Bertz CT molecular complexity index is 619. The molecule has 1 aromatic carbocycles. The van der Waals surface area contributed by atoms with Crippen molar-refractivity contribution in [3.63, 3.8) is 0 Å². The van der Waals surface area contributed by atoms with Crippen LogP contribution in [-0.4, -0.2) is 30.6 Å². The number of hydrogen-bond acceptors (Lipinski definition) is 1. The van der Waals surface area contributed by atoms with Crippen LogP contribution in [0.1, 0.15) is 38.3 Å². The van der Waals surface area contributed by atoms with Crippen LogP contribution in [0.25, 0.3) is 10.9 Å². The number of benzene rings is 1. The molecule has 2 aromatic rings. The van der Waals surface area contributed by atoms with Gasteiger partial charge in [0.2, 0.25) is 0 Å². The molecule has 1 heterocycles. The lowest BCUT2D eigenvalue weighted by Gasteiger charge is -2.10. The zero-order valence-corrected chi connectivity index (χ0v) is 16.7. The first-order valence-electron chi connectivity index (χ1n) is 8.40. The molecular weight excluding hydrogens is 399 g/mol. The van der Waals surface area contributed by atoms with Gasteiger partial charge in [0.05, 0.1) is 0 Å². The minimum absolute atomic E-state index is 0. The maximum Gasteiger partial charge on any atom is 0.191 e. The number of H-pyrrole nitrogens is 1. The van der Waals surface area contributed by atoms with Crippen LogP contribution in [0, 0.1) is 0 Å². The third kappa shape index (κ3) is 5.41. The van der Waals surface area contributed by atoms with E-state index >= 15 is 0 Å². The molecule has 0 saturated heterocycles. The summed E-state index contributed by atoms with van der Waals surface area (Å²) < 4.78 is 0. The lowest BCUT2D eigenvalue weighted by atomic mass is 10.1. The van der Waals surface area contributed by atoms with E-state index in [0.717, 1.165) is 44.9 Å². The summed E-state index contributed by atoms with van der Waals surface area (Å²) in [6.45, 7) is 9.08. The average molecular weight is 428 g/mol. The van der Waals surface area contributed by atoms with Gasteiger partial charge in [0, 0.05) is 36.7 Å². The van der Waals surface area contributed by atoms with Crippen molar-refractivity contribution in [3.8, 4) is 0 Å². The number of aliphatic imine (C=N–C) groups is 1. The molecule has 0 radical (unpaired) electrons. The molecule has 5 heteroatoms. The van der Waals surface area contributed by atoms with Gasteiger partial charge in [-0.15, -0.1) is 24.0 Å². The first-order chi connectivity index (χ1) is 10.8. The summed E-state index contributed by atoms with van der Waals surface area (Å²) in [7, 11) is 0. The van der Waals surface area contributed by atoms with Crippen molar-refractivity contribution in [2.75, 3.05) is 19.6 Å². The van der Waals surface area contributed by atoms with Crippen LogP contribution in [0.5, 0.6) is 0 Å². The van der Waals surface area contributed by atoms with Gasteiger partial charge in [-0.05, 0) is 37.3 Å². The molecule has 23 heavy (non-hydrogen) atoms. The minimum atomic E-state index is 0. The molecule has 0 atom stereocenters. The number of para-hydroxylation sites is 1. The van der Waals surface area contributed by atoms with E-state index in [1.165, 1.54) is 22.0 Å². The standard InChI is InChI=1S/C18H28N4.HI/c1-4-11-20-18(19-6-3)21-12-10-15-13-22-17-14(5-2)8-7-9-16(15)17;/h7-9,13,22H,4-6,10-12H2,1-3H3,(H2,19,20,21);1H. The molecule has 0 spiro atoms. The van der Waals surface area contributed by atoms with E-state index in [2.05, 4.69) is 65.8 Å². The van der Waals surface area contributed by atoms with Crippen LogP contribution in [0.2, 0.25) is 0 Å². The quantitative estimate of drug-likeness (QED) is 0.357. The van der Waals surface area contributed by atoms with Crippen molar-refractivity contribution in [1.82, 2.24) is 15.6 Å². The highest BCUT2D eigenvalue weighted by Crippen LogP contribution is 2.22. The van der Waals surface area contributed by atoms with Gasteiger partial charge in [-0.25, -0.2) is 0 Å².